The van der Waals surface area contributed by atoms with Gasteiger partial charge in [-0.25, -0.2) is 14.4 Å². The van der Waals surface area contributed by atoms with E-state index in [1.54, 1.807) is 92.6 Å². The quantitative estimate of drug-likeness (QED) is 0.0128. The smallest absolute Gasteiger partial charge is 0.408 e. The van der Waals surface area contributed by atoms with Crippen molar-refractivity contribution in [3.63, 3.8) is 0 Å². The van der Waals surface area contributed by atoms with Crippen LogP contribution in [0.15, 0.2) is 65.7 Å². The number of nitrogens with two attached hydrogens (primary N) is 3. The Morgan fingerprint density at radius 2 is 1.20 bits per heavy atom. The predicted octanol–water partition coefficient (Wildman–Crippen LogP) is -2.82. The van der Waals surface area contributed by atoms with E-state index in [4.69, 9.17) is 31.4 Å². The number of nitrogens with zero attached hydrogens (tertiary/aromatic N) is 1. The third-order valence-electron chi connectivity index (χ3n) is 16.8. The molecule has 1 aliphatic heterocycles. The summed E-state index contributed by atoms with van der Waals surface area (Å²) >= 11 is 0. The molecule has 0 spiro atoms. The average Bonchev–Trinajstić information content (AvgIpc) is 0.804. The first-order valence-electron chi connectivity index (χ1n) is 35.9. The van der Waals surface area contributed by atoms with Crippen molar-refractivity contribution in [1.29, 1.82) is 0 Å². The molecule has 13 amide bonds. The summed E-state index contributed by atoms with van der Waals surface area (Å²) in [5.41, 5.74) is 16.1. The van der Waals surface area contributed by atoms with Crippen LogP contribution in [0.4, 0.5) is 9.59 Å². The Bertz CT molecular complexity index is 3370. The van der Waals surface area contributed by atoms with E-state index in [1.165, 1.54) is 44.2 Å². The lowest BCUT2D eigenvalue weighted by Gasteiger charge is -2.34. The number of ether oxygens (including phenoxy) is 3. The number of benzene rings is 2. The zero-order valence-electron chi connectivity index (χ0n) is 63.3. The zero-order valence-corrected chi connectivity index (χ0v) is 63.3. The molecule has 0 bridgehead atoms. The maximum atomic E-state index is 15.7. The van der Waals surface area contributed by atoms with E-state index >= 15 is 14.4 Å². The molecule has 37 nitrogen and oxygen atoms in total. The number of aliphatic hydroxyl groups is 4. The lowest BCUT2D eigenvalue weighted by atomic mass is 9.95. The molecule has 602 valence electrons. The first kappa shape index (κ1) is 91.9. The number of primary amides is 1. The second kappa shape index (κ2) is 45.4. The van der Waals surface area contributed by atoms with E-state index in [0.29, 0.717) is 0 Å². The average molecular weight is 1530 g/mol. The Morgan fingerprint density at radius 1 is 0.630 bits per heavy atom. The van der Waals surface area contributed by atoms with Crippen molar-refractivity contribution >= 4 is 89.1 Å². The number of alkyl carbamates (subject to hydrolysis) is 2. The van der Waals surface area contributed by atoms with Gasteiger partial charge in [-0.2, -0.15) is 0 Å². The van der Waals surface area contributed by atoms with Crippen molar-refractivity contribution in [2.75, 3.05) is 26.2 Å². The highest BCUT2D eigenvalue weighted by Crippen LogP contribution is 2.25. The van der Waals surface area contributed by atoms with Gasteiger partial charge in [-0.05, 0) is 107 Å². The van der Waals surface area contributed by atoms with Crippen LogP contribution in [0.1, 0.15) is 152 Å². The molecule has 0 saturated carbocycles. The summed E-state index contributed by atoms with van der Waals surface area (Å²) in [6, 6.07) is -3.05. The van der Waals surface area contributed by atoms with Gasteiger partial charge in [0, 0.05) is 13.1 Å². The maximum Gasteiger partial charge on any atom is 0.408 e. The number of cyclic esters (lactones) is 1. The summed E-state index contributed by atoms with van der Waals surface area (Å²) in [5.74, 6) is -18.2. The highest BCUT2D eigenvalue weighted by atomic mass is 16.6. The van der Waals surface area contributed by atoms with Crippen LogP contribution in [0.2, 0.25) is 0 Å². The molecular formula is C71H112N16O21. The minimum Gasteiger partial charge on any atom is -0.453 e. The number of nitrogens with one attached hydrogen (secondary N) is 12. The van der Waals surface area contributed by atoms with Gasteiger partial charge in [-0.3, -0.25) is 57.7 Å². The van der Waals surface area contributed by atoms with E-state index in [-0.39, 0.29) is 82.6 Å². The van der Waals surface area contributed by atoms with Gasteiger partial charge < -0.3 is 116 Å². The minimum atomic E-state index is -2.62. The summed E-state index contributed by atoms with van der Waals surface area (Å²) in [7, 11) is 0. The Kier molecular flexibility index (Phi) is 38.7. The molecule has 22 N–H and O–H groups in total. The van der Waals surface area contributed by atoms with Crippen LogP contribution in [0.3, 0.4) is 0 Å². The largest absolute Gasteiger partial charge is 0.453 e. The van der Waals surface area contributed by atoms with E-state index in [9.17, 15) is 73.2 Å². The molecule has 37 heteroatoms. The minimum absolute atomic E-state index is 0.00919. The van der Waals surface area contributed by atoms with Crippen LogP contribution in [-0.4, -0.2) is 220 Å². The fraction of sp³-hybridized carbons (Fsp3) is 0.620. The molecule has 2 unspecified atom stereocenters. The molecule has 1 heterocycles. The predicted molar refractivity (Wildman–Crippen MR) is 390 cm³/mol. The lowest BCUT2D eigenvalue weighted by Crippen LogP contribution is -2.64. The van der Waals surface area contributed by atoms with Crippen LogP contribution in [0.25, 0.3) is 0 Å². The van der Waals surface area contributed by atoms with Crippen molar-refractivity contribution in [1.82, 2.24) is 63.8 Å². The van der Waals surface area contributed by atoms with Crippen LogP contribution >= 0.6 is 0 Å². The van der Waals surface area contributed by atoms with Crippen molar-refractivity contribution < 1.29 is 102 Å². The molecular weight excluding hydrogens is 1410 g/mol. The summed E-state index contributed by atoms with van der Waals surface area (Å²) in [6.07, 6.45) is -10.2. The number of aliphatic imine (C=N–C) groups is 1. The summed E-state index contributed by atoms with van der Waals surface area (Å²) in [4.78, 5) is 203. The monoisotopic (exact) mass is 1520 g/mol. The van der Waals surface area contributed by atoms with E-state index < -0.39 is 210 Å². The number of unbranched alkanes of at least 4 members (excludes halogenated alkanes) is 1. The van der Waals surface area contributed by atoms with Gasteiger partial charge in [0.15, 0.2) is 24.2 Å². The van der Waals surface area contributed by atoms with Crippen LogP contribution in [0, 0.1) is 23.7 Å². The summed E-state index contributed by atoms with van der Waals surface area (Å²) in [5, 5.41) is 73.8. The van der Waals surface area contributed by atoms with Crippen molar-refractivity contribution in [3.05, 3.63) is 71.8 Å². The first-order valence-corrected chi connectivity index (χ1v) is 35.9. The second-order valence-corrected chi connectivity index (χ2v) is 28.5. The fourth-order valence-corrected chi connectivity index (χ4v) is 10.8. The molecule has 1 saturated heterocycles. The number of rotatable bonds is 29. The highest BCUT2D eigenvalue weighted by Gasteiger charge is 2.44. The number of carbonyl (C=O) groups is 14. The Hall–Kier alpha value is -10.3. The number of carbonyl (C=O) groups excluding carboxylic acids is 14. The molecule has 108 heavy (non-hydrogen) atoms. The Labute approximate surface area is 627 Å². The third-order valence-corrected chi connectivity index (χ3v) is 16.8. The molecule has 0 aromatic heterocycles. The van der Waals surface area contributed by atoms with Gasteiger partial charge in [-0.1, -0.05) is 122 Å². The molecule has 1 aliphatic rings. The van der Waals surface area contributed by atoms with Gasteiger partial charge in [0.2, 0.25) is 65.0 Å². The van der Waals surface area contributed by atoms with E-state index in [0.717, 1.165) is 12.5 Å². The molecule has 15 atom stereocenters. The standard InChI is InChI=1S/C71H112N16O21/c1-13-39(8)49-63(99)85-50(40(9)89)62(98)77-33-48(90)83-52(55(92)57(72)93)65(101)81-47(34-88)67(103)107-56(42-25-18-15-19-26-42)53(66(102)86-51(54(91)38(6)7)64(100)80-45(31-36(2)3)60(96)78-43(59(95)84-49)28-22-30-75-68(73)74)87-61(97)46(32-37(4)5)79-58(94)44(82-70(105)108-71(10,11)12)27-20-21-29-76-69(104)106-35-41-23-16-14-17-24-41/h14-19,23-26,36-40,43-47,49-56,88-89,91-92H,13,20-22,27-35H2,1-12H3,(H2,72,93)(H,76,104)(H,77,98)(H,78,96)(H,79,94)(H,80,100)(H,81,101)(H,82,105)(H,83,90)(H,84,95)(H,85,99)(H,86,102)(H,87,97)(H4,73,74,75)/t39-,40-,43+,44+,45-,46-,47-,49?,50?,51-,52-,53-,54+,55-,56+/m0/s1. The van der Waals surface area contributed by atoms with E-state index in [1.807, 2.05) is 10.6 Å². The topological polar surface area (TPSA) is 582 Å². The Balaban J connectivity index is 2.38. The molecule has 1 fully saturated rings. The number of hydrogen-bond donors (Lipinski definition) is 19. The van der Waals surface area contributed by atoms with Crippen LogP contribution in [-0.2, 0) is 78.4 Å². The zero-order chi connectivity index (χ0) is 81.3. The summed E-state index contributed by atoms with van der Waals surface area (Å²) in [6.45, 7) is 16.1. The van der Waals surface area contributed by atoms with Gasteiger partial charge in [0.25, 0.3) is 0 Å². The fourth-order valence-electron chi connectivity index (χ4n) is 10.8. The van der Waals surface area contributed by atoms with Crippen LogP contribution < -0.4 is 81.0 Å². The van der Waals surface area contributed by atoms with Gasteiger partial charge in [0.05, 0.1) is 25.4 Å². The van der Waals surface area contributed by atoms with E-state index in [2.05, 4.69) is 58.2 Å². The summed E-state index contributed by atoms with van der Waals surface area (Å²) < 4.78 is 16.8. The molecule has 0 aliphatic carbocycles. The third kappa shape index (κ3) is 32.0. The van der Waals surface area contributed by atoms with Gasteiger partial charge in [-0.15, -0.1) is 0 Å². The maximum absolute atomic E-state index is 15.7. The number of amides is 13. The molecule has 3 rings (SSSR count). The SMILES string of the molecule is CC[C@H](C)C1NC(=O)[C@@H](CCCN=C(N)N)NC(=O)[C@H](CC(C)C)NC(=O)[C@H]([C@H](O)C(C)C)NC(=O)[C@@H](NC(=O)[C@H](CC(C)C)NC(=O)[C@@H](CCCCNC(=O)OCc2ccccc2)NC(=O)OC(C)(C)C)[C@@H](c2ccccc2)OC(=O)[C@H](CO)NC(=O)[C@H]([C@H](O)C(N)=O)NC(=O)CNC(=O)C([C@H](C)O)NC1=O. The number of aliphatic hydroxyl groups excluding tert-OH is 4. The number of esters is 1. The molecule has 2 aromatic carbocycles. The van der Waals surface area contributed by atoms with Gasteiger partial charge >= 0.3 is 18.2 Å². The van der Waals surface area contributed by atoms with Crippen molar-refractivity contribution in [2.24, 2.45) is 45.9 Å². The molecule has 0 radical (unpaired) electrons. The van der Waals surface area contributed by atoms with Gasteiger partial charge in [0.1, 0.15) is 66.6 Å². The van der Waals surface area contributed by atoms with Crippen molar-refractivity contribution in [3.8, 4) is 0 Å². The second-order valence-electron chi connectivity index (χ2n) is 28.5. The normalized spacial score (nSPS) is 22.4. The molecule has 2 aromatic rings. The highest BCUT2D eigenvalue weighted by molar-refractivity contribution is 6.00. The number of hydrogen-bond acceptors (Lipinski definition) is 22. The van der Waals surface area contributed by atoms with Crippen LogP contribution in [0.5, 0.6) is 0 Å². The first-order chi connectivity index (χ1) is 50.7. The number of guanidine groups is 1. The van der Waals surface area contributed by atoms with Crippen molar-refractivity contribution in [2.45, 2.75) is 231 Å². The Morgan fingerprint density at radius 3 is 1.77 bits per heavy atom. The lowest BCUT2D eigenvalue weighted by molar-refractivity contribution is -0.159.